The number of nitrogens with zero attached hydrogens (tertiary/aromatic N) is 2. The highest BCUT2D eigenvalue weighted by Crippen LogP contribution is 2.09. The van der Waals surface area contributed by atoms with Crippen molar-refractivity contribution in [1.82, 2.24) is 15.1 Å². The van der Waals surface area contributed by atoms with Crippen LogP contribution < -0.4 is 5.32 Å². The Bertz CT molecular complexity index is 488. The molecule has 1 N–H and O–H groups in total. The summed E-state index contributed by atoms with van der Waals surface area (Å²) in [5.41, 5.74) is 2.19. The first kappa shape index (κ1) is 13.8. The third kappa shape index (κ3) is 3.67. The number of hydrogen-bond acceptors (Lipinski definition) is 2. The fourth-order valence-corrected chi connectivity index (χ4v) is 2.27. The maximum atomic E-state index is 4.60. The molecule has 0 amide bonds. The Hall–Kier alpha value is -1.61. The van der Waals surface area contributed by atoms with Crippen LogP contribution in [0.25, 0.3) is 5.69 Å². The maximum absolute atomic E-state index is 4.60. The van der Waals surface area contributed by atoms with Crippen molar-refractivity contribution in [3.63, 3.8) is 0 Å². The van der Waals surface area contributed by atoms with Crippen molar-refractivity contribution in [1.29, 1.82) is 0 Å². The molecule has 0 fully saturated rings. The minimum Gasteiger partial charge on any atom is -0.308 e. The Morgan fingerprint density at radius 3 is 2.53 bits per heavy atom. The van der Waals surface area contributed by atoms with E-state index in [1.54, 1.807) is 0 Å². The standard InChI is InChI=1S/C16H23N3/c1-4-16(13(2)3)17-12-14-10-11-19(18-14)15-8-6-5-7-9-15/h5-11,13,16-17H,4,12H2,1-3H3. The van der Waals surface area contributed by atoms with Crippen LogP contribution in [0, 0.1) is 5.92 Å². The van der Waals surface area contributed by atoms with Gasteiger partial charge in [-0.3, -0.25) is 0 Å². The second kappa shape index (κ2) is 6.53. The van der Waals surface area contributed by atoms with E-state index in [1.807, 2.05) is 29.1 Å². The Kier molecular flexibility index (Phi) is 4.74. The molecule has 0 saturated heterocycles. The molecule has 19 heavy (non-hydrogen) atoms. The van der Waals surface area contributed by atoms with Crippen LogP contribution >= 0.6 is 0 Å². The molecule has 2 aromatic rings. The number of para-hydroxylation sites is 1. The molecule has 2 rings (SSSR count). The number of hydrogen-bond donors (Lipinski definition) is 1. The molecular formula is C16H23N3. The first-order valence-electron chi connectivity index (χ1n) is 7.04. The van der Waals surface area contributed by atoms with Gasteiger partial charge in [0.1, 0.15) is 0 Å². The first-order chi connectivity index (χ1) is 9.20. The average Bonchev–Trinajstić information content (AvgIpc) is 2.89. The van der Waals surface area contributed by atoms with Gasteiger partial charge >= 0.3 is 0 Å². The summed E-state index contributed by atoms with van der Waals surface area (Å²) in [5, 5.41) is 8.17. The summed E-state index contributed by atoms with van der Waals surface area (Å²) in [4.78, 5) is 0. The van der Waals surface area contributed by atoms with Gasteiger partial charge in [0.05, 0.1) is 11.4 Å². The van der Waals surface area contributed by atoms with Gasteiger partial charge in [-0.2, -0.15) is 5.10 Å². The van der Waals surface area contributed by atoms with Crippen LogP contribution in [-0.4, -0.2) is 15.8 Å². The third-order valence-corrected chi connectivity index (χ3v) is 3.45. The summed E-state index contributed by atoms with van der Waals surface area (Å²) in [6, 6.07) is 12.8. The van der Waals surface area contributed by atoms with Gasteiger partial charge in [0, 0.05) is 18.8 Å². The van der Waals surface area contributed by atoms with Gasteiger partial charge in [0.25, 0.3) is 0 Å². The average molecular weight is 257 g/mol. The topological polar surface area (TPSA) is 29.9 Å². The Labute approximate surface area is 115 Å². The molecule has 0 spiro atoms. The monoisotopic (exact) mass is 257 g/mol. The second-order valence-electron chi connectivity index (χ2n) is 5.23. The van der Waals surface area contributed by atoms with E-state index in [2.05, 4.69) is 49.4 Å². The molecule has 0 radical (unpaired) electrons. The maximum Gasteiger partial charge on any atom is 0.0766 e. The van der Waals surface area contributed by atoms with E-state index in [9.17, 15) is 0 Å². The molecule has 1 heterocycles. The van der Waals surface area contributed by atoms with Gasteiger partial charge in [0.15, 0.2) is 0 Å². The van der Waals surface area contributed by atoms with Crippen LogP contribution in [0.3, 0.4) is 0 Å². The fraction of sp³-hybridized carbons (Fsp3) is 0.438. The number of benzene rings is 1. The minimum absolute atomic E-state index is 0.557. The summed E-state index contributed by atoms with van der Waals surface area (Å²) < 4.78 is 1.92. The summed E-state index contributed by atoms with van der Waals surface area (Å²) in [6.45, 7) is 7.56. The van der Waals surface area contributed by atoms with Crippen molar-refractivity contribution < 1.29 is 0 Å². The molecule has 3 nitrogen and oxygen atoms in total. The van der Waals surface area contributed by atoms with Gasteiger partial charge < -0.3 is 5.32 Å². The van der Waals surface area contributed by atoms with E-state index in [1.165, 1.54) is 0 Å². The summed E-state index contributed by atoms with van der Waals surface area (Å²) >= 11 is 0. The molecule has 3 heteroatoms. The lowest BCUT2D eigenvalue weighted by Crippen LogP contribution is -2.32. The van der Waals surface area contributed by atoms with Gasteiger partial charge in [-0.25, -0.2) is 4.68 Å². The first-order valence-corrected chi connectivity index (χ1v) is 7.04. The van der Waals surface area contributed by atoms with Crippen LogP contribution in [0.15, 0.2) is 42.6 Å². The molecule has 0 aliphatic heterocycles. The normalized spacial score (nSPS) is 12.8. The van der Waals surface area contributed by atoms with Gasteiger partial charge in [-0.15, -0.1) is 0 Å². The molecule has 0 saturated carbocycles. The number of aromatic nitrogens is 2. The van der Waals surface area contributed by atoms with E-state index in [0.717, 1.165) is 24.3 Å². The van der Waals surface area contributed by atoms with Gasteiger partial charge in [0.2, 0.25) is 0 Å². The summed E-state index contributed by atoms with van der Waals surface area (Å²) in [7, 11) is 0. The Morgan fingerprint density at radius 1 is 1.16 bits per heavy atom. The van der Waals surface area contributed by atoms with Crippen molar-refractivity contribution in [3.8, 4) is 5.69 Å². The molecule has 1 aromatic heterocycles. The lowest BCUT2D eigenvalue weighted by atomic mass is 10.0. The summed E-state index contributed by atoms with van der Waals surface area (Å²) in [6.07, 6.45) is 3.17. The zero-order chi connectivity index (χ0) is 13.7. The van der Waals surface area contributed by atoms with E-state index < -0.39 is 0 Å². The van der Waals surface area contributed by atoms with Gasteiger partial charge in [-0.05, 0) is 30.5 Å². The van der Waals surface area contributed by atoms with Crippen LogP contribution in [0.1, 0.15) is 32.9 Å². The van der Waals surface area contributed by atoms with Crippen LogP contribution in [0.5, 0.6) is 0 Å². The molecule has 1 aromatic carbocycles. The van der Waals surface area contributed by atoms with Crippen molar-refractivity contribution >= 4 is 0 Å². The molecule has 1 unspecified atom stereocenters. The van der Waals surface area contributed by atoms with E-state index in [0.29, 0.717) is 12.0 Å². The zero-order valence-corrected chi connectivity index (χ0v) is 12.0. The molecule has 102 valence electrons. The van der Waals surface area contributed by atoms with Gasteiger partial charge in [-0.1, -0.05) is 39.0 Å². The van der Waals surface area contributed by atoms with E-state index in [-0.39, 0.29) is 0 Å². The lowest BCUT2D eigenvalue weighted by Gasteiger charge is -2.19. The van der Waals surface area contributed by atoms with Crippen molar-refractivity contribution in [2.45, 2.75) is 39.8 Å². The Balaban J connectivity index is 1.98. The van der Waals surface area contributed by atoms with E-state index >= 15 is 0 Å². The van der Waals surface area contributed by atoms with Crippen LogP contribution in [-0.2, 0) is 6.54 Å². The van der Waals surface area contributed by atoms with Crippen LogP contribution in [0.4, 0.5) is 0 Å². The predicted molar refractivity (Wildman–Crippen MR) is 79.3 cm³/mol. The minimum atomic E-state index is 0.557. The highest BCUT2D eigenvalue weighted by Gasteiger charge is 2.10. The molecule has 0 bridgehead atoms. The number of nitrogens with one attached hydrogen (secondary N) is 1. The van der Waals surface area contributed by atoms with Crippen LogP contribution in [0.2, 0.25) is 0 Å². The summed E-state index contributed by atoms with van der Waals surface area (Å²) in [5.74, 6) is 0.654. The molecular weight excluding hydrogens is 234 g/mol. The predicted octanol–water partition coefficient (Wildman–Crippen LogP) is 3.40. The highest BCUT2D eigenvalue weighted by atomic mass is 15.3. The third-order valence-electron chi connectivity index (χ3n) is 3.45. The molecule has 0 aliphatic carbocycles. The van der Waals surface area contributed by atoms with Crippen molar-refractivity contribution in [2.24, 2.45) is 5.92 Å². The van der Waals surface area contributed by atoms with E-state index in [4.69, 9.17) is 0 Å². The second-order valence-corrected chi connectivity index (χ2v) is 5.23. The smallest absolute Gasteiger partial charge is 0.0766 e. The SMILES string of the molecule is CCC(NCc1ccn(-c2ccccc2)n1)C(C)C. The Morgan fingerprint density at radius 2 is 1.89 bits per heavy atom. The zero-order valence-electron chi connectivity index (χ0n) is 12.0. The van der Waals surface area contributed by atoms with Crippen molar-refractivity contribution in [3.05, 3.63) is 48.3 Å². The fourth-order valence-electron chi connectivity index (χ4n) is 2.27. The highest BCUT2D eigenvalue weighted by molar-refractivity contribution is 5.30. The molecule has 0 aliphatic rings. The van der Waals surface area contributed by atoms with Crippen molar-refractivity contribution in [2.75, 3.05) is 0 Å². The quantitative estimate of drug-likeness (QED) is 0.859. The molecule has 1 atom stereocenters. The number of rotatable bonds is 6. The largest absolute Gasteiger partial charge is 0.308 e. The lowest BCUT2D eigenvalue weighted by molar-refractivity contribution is 0.385.